The van der Waals surface area contributed by atoms with Crippen molar-refractivity contribution < 1.29 is 0 Å². The third-order valence-corrected chi connectivity index (χ3v) is 5.46. The van der Waals surface area contributed by atoms with Gasteiger partial charge in [0.15, 0.2) is 0 Å². The lowest BCUT2D eigenvalue weighted by atomic mass is 9.95. The van der Waals surface area contributed by atoms with E-state index in [1.54, 1.807) is 0 Å². The van der Waals surface area contributed by atoms with Crippen molar-refractivity contribution >= 4 is 15.9 Å². The standard InChI is InChI=1S/C20H20BrN3/c1-14-7-8-16(17(21)11-14)12-24-10-9-18-19(23-13-22-18)20(24)15-5-3-2-4-6-15/h2-8,11,13,20H,9-10,12H2,1H3,(H,22,23). The summed E-state index contributed by atoms with van der Waals surface area (Å²) in [6.45, 7) is 4.06. The van der Waals surface area contributed by atoms with Gasteiger partial charge in [0.05, 0.1) is 18.1 Å². The van der Waals surface area contributed by atoms with Crippen molar-refractivity contribution in [3.05, 3.63) is 87.4 Å². The molecule has 1 aliphatic heterocycles. The van der Waals surface area contributed by atoms with Crippen LogP contribution in [0.15, 0.2) is 59.3 Å². The molecule has 0 aliphatic carbocycles. The Labute approximate surface area is 150 Å². The quantitative estimate of drug-likeness (QED) is 0.717. The molecule has 1 aromatic heterocycles. The van der Waals surface area contributed by atoms with Crippen LogP contribution in [0.5, 0.6) is 0 Å². The van der Waals surface area contributed by atoms with E-state index in [9.17, 15) is 0 Å². The van der Waals surface area contributed by atoms with Gasteiger partial charge in [0.1, 0.15) is 0 Å². The van der Waals surface area contributed by atoms with Crippen molar-refractivity contribution in [3.8, 4) is 0 Å². The smallest absolute Gasteiger partial charge is 0.0926 e. The topological polar surface area (TPSA) is 31.9 Å². The highest BCUT2D eigenvalue weighted by Gasteiger charge is 2.31. The van der Waals surface area contributed by atoms with Crippen LogP contribution in [0, 0.1) is 6.92 Å². The Bertz CT molecular complexity index is 841. The van der Waals surface area contributed by atoms with Gasteiger partial charge in [-0.15, -0.1) is 0 Å². The molecule has 0 radical (unpaired) electrons. The Kier molecular flexibility index (Phi) is 4.25. The number of fused-ring (bicyclic) bond motifs is 1. The highest BCUT2D eigenvalue weighted by atomic mass is 79.9. The molecule has 4 heteroatoms. The van der Waals surface area contributed by atoms with Gasteiger partial charge in [0, 0.05) is 29.7 Å². The second-order valence-corrected chi connectivity index (χ2v) is 7.25. The molecule has 122 valence electrons. The fraction of sp³-hybridized carbons (Fsp3) is 0.250. The number of rotatable bonds is 3. The van der Waals surface area contributed by atoms with E-state index in [2.05, 4.69) is 86.3 Å². The summed E-state index contributed by atoms with van der Waals surface area (Å²) in [5.74, 6) is 0. The second-order valence-electron chi connectivity index (χ2n) is 6.39. The average molecular weight is 382 g/mol. The highest BCUT2D eigenvalue weighted by Crippen LogP contribution is 2.35. The fourth-order valence-electron chi connectivity index (χ4n) is 3.50. The maximum atomic E-state index is 4.63. The molecule has 1 N–H and O–H groups in total. The number of aromatic nitrogens is 2. The van der Waals surface area contributed by atoms with Gasteiger partial charge in [-0.05, 0) is 29.7 Å². The van der Waals surface area contributed by atoms with Gasteiger partial charge in [-0.3, -0.25) is 4.90 Å². The molecular weight excluding hydrogens is 362 g/mol. The molecule has 0 bridgehead atoms. The van der Waals surface area contributed by atoms with E-state index >= 15 is 0 Å². The van der Waals surface area contributed by atoms with Crippen molar-refractivity contribution in [3.63, 3.8) is 0 Å². The Morgan fingerprint density at radius 3 is 2.83 bits per heavy atom. The van der Waals surface area contributed by atoms with Gasteiger partial charge in [0.25, 0.3) is 0 Å². The predicted octanol–water partition coefficient (Wildman–Crippen LogP) is 4.63. The fourth-order valence-corrected chi connectivity index (χ4v) is 4.12. The third-order valence-electron chi connectivity index (χ3n) is 4.72. The average Bonchev–Trinajstić information content (AvgIpc) is 3.06. The zero-order valence-corrected chi connectivity index (χ0v) is 15.3. The second kappa shape index (κ2) is 6.54. The number of benzene rings is 2. The maximum absolute atomic E-state index is 4.63. The third kappa shape index (κ3) is 2.92. The lowest BCUT2D eigenvalue weighted by molar-refractivity contribution is 0.200. The first kappa shape index (κ1) is 15.6. The van der Waals surface area contributed by atoms with Crippen molar-refractivity contribution in [1.29, 1.82) is 0 Å². The van der Waals surface area contributed by atoms with Crippen LogP contribution in [0.25, 0.3) is 0 Å². The Morgan fingerprint density at radius 1 is 1.21 bits per heavy atom. The number of aryl methyl sites for hydroxylation is 1. The summed E-state index contributed by atoms with van der Waals surface area (Å²) >= 11 is 3.73. The minimum Gasteiger partial charge on any atom is -0.348 e. The minimum atomic E-state index is 0.203. The summed E-state index contributed by atoms with van der Waals surface area (Å²) in [5, 5.41) is 0. The Morgan fingerprint density at radius 2 is 2.04 bits per heavy atom. The lowest BCUT2D eigenvalue weighted by Gasteiger charge is -2.35. The molecule has 0 saturated heterocycles. The van der Waals surface area contributed by atoms with Crippen LogP contribution in [0.3, 0.4) is 0 Å². The zero-order chi connectivity index (χ0) is 16.5. The van der Waals surface area contributed by atoms with Crippen LogP contribution in [0.4, 0.5) is 0 Å². The summed E-state index contributed by atoms with van der Waals surface area (Å²) < 4.78 is 1.18. The van der Waals surface area contributed by atoms with Crippen molar-refractivity contribution in [2.45, 2.75) is 25.9 Å². The van der Waals surface area contributed by atoms with Crippen LogP contribution in [-0.2, 0) is 13.0 Å². The number of nitrogens with one attached hydrogen (secondary N) is 1. The Hall–Kier alpha value is -1.91. The molecule has 0 spiro atoms. The summed E-state index contributed by atoms with van der Waals surface area (Å²) in [5.41, 5.74) is 6.33. The maximum Gasteiger partial charge on any atom is 0.0926 e. The van der Waals surface area contributed by atoms with E-state index in [1.165, 1.54) is 26.9 Å². The minimum absolute atomic E-state index is 0.203. The van der Waals surface area contributed by atoms with E-state index in [1.807, 2.05) is 6.33 Å². The number of halogens is 1. The number of hydrogen-bond acceptors (Lipinski definition) is 2. The highest BCUT2D eigenvalue weighted by molar-refractivity contribution is 9.10. The molecule has 24 heavy (non-hydrogen) atoms. The lowest BCUT2D eigenvalue weighted by Crippen LogP contribution is -2.35. The van der Waals surface area contributed by atoms with Crippen LogP contribution in [-0.4, -0.2) is 21.4 Å². The van der Waals surface area contributed by atoms with Gasteiger partial charge in [-0.25, -0.2) is 4.98 Å². The summed E-state index contributed by atoms with van der Waals surface area (Å²) in [6.07, 6.45) is 2.84. The first-order chi connectivity index (χ1) is 11.7. The van der Waals surface area contributed by atoms with Crippen molar-refractivity contribution in [2.75, 3.05) is 6.54 Å². The molecule has 2 aromatic carbocycles. The SMILES string of the molecule is Cc1ccc(CN2CCc3[nH]cnc3C2c2ccccc2)c(Br)c1. The molecular formula is C20H20BrN3. The number of H-pyrrole nitrogens is 1. The van der Waals surface area contributed by atoms with E-state index in [-0.39, 0.29) is 6.04 Å². The molecule has 1 unspecified atom stereocenters. The monoisotopic (exact) mass is 381 g/mol. The van der Waals surface area contributed by atoms with Crippen molar-refractivity contribution in [1.82, 2.24) is 14.9 Å². The molecule has 2 heterocycles. The molecule has 0 saturated carbocycles. The molecule has 3 nitrogen and oxygen atoms in total. The molecule has 4 rings (SSSR count). The van der Waals surface area contributed by atoms with Crippen LogP contribution >= 0.6 is 15.9 Å². The summed E-state index contributed by atoms with van der Waals surface area (Å²) in [6, 6.07) is 17.5. The number of imidazole rings is 1. The first-order valence-corrected chi connectivity index (χ1v) is 9.08. The first-order valence-electron chi connectivity index (χ1n) is 8.28. The zero-order valence-electron chi connectivity index (χ0n) is 13.7. The van der Waals surface area contributed by atoms with E-state index in [4.69, 9.17) is 0 Å². The van der Waals surface area contributed by atoms with Crippen LogP contribution < -0.4 is 0 Å². The van der Waals surface area contributed by atoms with E-state index < -0.39 is 0 Å². The summed E-state index contributed by atoms with van der Waals surface area (Å²) in [4.78, 5) is 10.5. The number of aromatic amines is 1. The normalized spacial score (nSPS) is 17.7. The van der Waals surface area contributed by atoms with Gasteiger partial charge in [0.2, 0.25) is 0 Å². The van der Waals surface area contributed by atoms with Crippen LogP contribution in [0.1, 0.15) is 34.1 Å². The largest absolute Gasteiger partial charge is 0.348 e. The van der Waals surface area contributed by atoms with E-state index in [0.717, 1.165) is 25.2 Å². The molecule has 1 aliphatic rings. The molecule has 0 fully saturated rings. The van der Waals surface area contributed by atoms with Crippen LogP contribution in [0.2, 0.25) is 0 Å². The van der Waals surface area contributed by atoms with Gasteiger partial charge < -0.3 is 4.98 Å². The van der Waals surface area contributed by atoms with Gasteiger partial charge in [-0.2, -0.15) is 0 Å². The number of nitrogens with zero attached hydrogens (tertiary/aromatic N) is 2. The van der Waals surface area contributed by atoms with Gasteiger partial charge >= 0.3 is 0 Å². The molecule has 1 atom stereocenters. The van der Waals surface area contributed by atoms with Gasteiger partial charge in [-0.1, -0.05) is 58.4 Å². The summed E-state index contributed by atoms with van der Waals surface area (Å²) in [7, 11) is 0. The molecule has 3 aromatic rings. The Balaban J connectivity index is 1.71. The predicted molar refractivity (Wildman–Crippen MR) is 99.9 cm³/mol. The van der Waals surface area contributed by atoms with E-state index in [0.29, 0.717) is 0 Å². The number of hydrogen-bond donors (Lipinski definition) is 1. The van der Waals surface area contributed by atoms with Crippen molar-refractivity contribution in [2.24, 2.45) is 0 Å². The molecule has 0 amide bonds.